The van der Waals surface area contributed by atoms with Crippen molar-refractivity contribution in [3.8, 4) is 5.88 Å². The average molecular weight is 322 g/mol. The Morgan fingerprint density at radius 1 is 1.39 bits per heavy atom. The topological polar surface area (TPSA) is 64.3 Å². The number of hydrogen-bond acceptors (Lipinski definition) is 5. The van der Waals surface area contributed by atoms with Gasteiger partial charge in [0.1, 0.15) is 12.0 Å². The Labute approximate surface area is 133 Å². The van der Waals surface area contributed by atoms with Crippen LogP contribution >= 0.6 is 0 Å². The molecule has 0 bridgehead atoms. The highest BCUT2D eigenvalue weighted by molar-refractivity contribution is 5.78. The zero-order valence-corrected chi connectivity index (χ0v) is 13.0. The molecule has 2 N–H and O–H groups in total. The van der Waals surface area contributed by atoms with E-state index in [0.717, 1.165) is 0 Å². The highest BCUT2D eigenvalue weighted by Gasteiger charge is 2.31. The molecule has 1 saturated heterocycles. The second kappa shape index (κ2) is 6.72. The molecule has 0 saturated carbocycles. The number of methoxy groups -OCH3 is 1. The molecule has 0 radical (unpaired) electrons. The number of likely N-dealkylation sites (tertiary alicyclic amines) is 1. The van der Waals surface area contributed by atoms with E-state index in [1.54, 1.807) is 12.1 Å². The Morgan fingerprint density at radius 3 is 2.91 bits per heavy atom. The lowest BCUT2D eigenvalue weighted by Crippen LogP contribution is -2.25. The minimum absolute atomic E-state index is 0.132. The van der Waals surface area contributed by atoms with Crippen LogP contribution in [0, 0.1) is 11.7 Å². The first-order chi connectivity index (χ1) is 11.1. The van der Waals surface area contributed by atoms with E-state index in [9.17, 15) is 8.78 Å². The van der Waals surface area contributed by atoms with Crippen molar-refractivity contribution in [1.82, 2.24) is 14.9 Å². The molecule has 5 nitrogen and oxygen atoms in total. The van der Waals surface area contributed by atoms with Gasteiger partial charge in [0.2, 0.25) is 5.88 Å². The lowest BCUT2D eigenvalue weighted by Gasteiger charge is -2.16. The van der Waals surface area contributed by atoms with E-state index < -0.39 is 12.0 Å². The summed E-state index contributed by atoms with van der Waals surface area (Å²) in [5.74, 6) is -0.115. The van der Waals surface area contributed by atoms with Crippen LogP contribution in [-0.4, -0.2) is 54.3 Å². The third-order valence-corrected chi connectivity index (χ3v) is 4.37. The number of aromatic nitrogens is 2. The summed E-state index contributed by atoms with van der Waals surface area (Å²) in [6.45, 7) is 1.86. The van der Waals surface area contributed by atoms with Gasteiger partial charge in [-0.25, -0.2) is 13.8 Å². The van der Waals surface area contributed by atoms with Gasteiger partial charge in [-0.15, -0.1) is 0 Å². The van der Waals surface area contributed by atoms with Crippen LogP contribution in [0.4, 0.5) is 8.78 Å². The Hall–Kier alpha value is -1.86. The van der Waals surface area contributed by atoms with E-state index in [-0.39, 0.29) is 5.92 Å². The van der Waals surface area contributed by atoms with Gasteiger partial charge in [-0.3, -0.25) is 9.88 Å². The number of pyridine rings is 2. The van der Waals surface area contributed by atoms with Crippen LogP contribution in [0.1, 0.15) is 5.56 Å². The van der Waals surface area contributed by atoms with Gasteiger partial charge in [0.25, 0.3) is 0 Å². The summed E-state index contributed by atoms with van der Waals surface area (Å²) in [6, 6.07) is 3.44. The van der Waals surface area contributed by atoms with E-state index in [2.05, 4.69) is 9.97 Å². The SMILES string of the molecule is COc1ccc2ncc(F)c(CCN3C[C@H](CN)[C@@H](F)C3)c2n1. The second-order valence-corrected chi connectivity index (χ2v) is 5.83. The van der Waals surface area contributed by atoms with Crippen molar-refractivity contribution in [3.63, 3.8) is 0 Å². The third-order valence-electron chi connectivity index (χ3n) is 4.37. The molecule has 124 valence electrons. The van der Waals surface area contributed by atoms with E-state index >= 15 is 0 Å². The fourth-order valence-corrected chi connectivity index (χ4v) is 3.02. The molecule has 2 aromatic rings. The molecule has 1 fully saturated rings. The van der Waals surface area contributed by atoms with Crippen molar-refractivity contribution in [1.29, 1.82) is 0 Å². The Morgan fingerprint density at radius 2 is 2.22 bits per heavy atom. The molecule has 0 aliphatic carbocycles. The fourth-order valence-electron chi connectivity index (χ4n) is 3.02. The first-order valence-electron chi connectivity index (χ1n) is 7.67. The number of rotatable bonds is 5. The summed E-state index contributed by atoms with van der Waals surface area (Å²) in [4.78, 5) is 10.3. The first kappa shape index (κ1) is 16.0. The first-order valence-corrected chi connectivity index (χ1v) is 7.67. The highest BCUT2D eigenvalue weighted by Crippen LogP contribution is 2.23. The van der Waals surface area contributed by atoms with Crippen LogP contribution in [-0.2, 0) is 6.42 Å². The van der Waals surface area contributed by atoms with Crippen LogP contribution in [0.3, 0.4) is 0 Å². The monoisotopic (exact) mass is 322 g/mol. The average Bonchev–Trinajstić information content (AvgIpc) is 2.93. The molecular formula is C16H20F2N4O. The summed E-state index contributed by atoms with van der Waals surface area (Å²) in [5.41, 5.74) is 7.17. The summed E-state index contributed by atoms with van der Waals surface area (Å²) in [6.07, 6.45) is 0.739. The predicted molar refractivity (Wildman–Crippen MR) is 83.6 cm³/mol. The van der Waals surface area contributed by atoms with Crippen molar-refractivity contribution < 1.29 is 13.5 Å². The highest BCUT2D eigenvalue weighted by atomic mass is 19.1. The molecule has 23 heavy (non-hydrogen) atoms. The van der Waals surface area contributed by atoms with Gasteiger partial charge in [-0.2, -0.15) is 0 Å². The quantitative estimate of drug-likeness (QED) is 0.905. The smallest absolute Gasteiger partial charge is 0.213 e. The van der Waals surface area contributed by atoms with Crippen LogP contribution in [0.2, 0.25) is 0 Å². The number of alkyl halides is 1. The Bertz CT molecular complexity index is 697. The van der Waals surface area contributed by atoms with Crippen molar-refractivity contribution in [2.24, 2.45) is 11.7 Å². The number of fused-ring (bicyclic) bond motifs is 1. The minimum Gasteiger partial charge on any atom is -0.481 e. The van der Waals surface area contributed by atoms with E-state index in [0.29, 0.717) is 55.1 Å². The number of nitrogens with two attached hydrogens (primary N) is 1. The molecule has 0 aromatic carbocycles. The van der Waals surface area contributed by atoms with Crippen LogP contribution in [0.5, 0.6) is 5.88 Å². The van der Waals surface area contributed by atoms with Crippen LogP contribution in [0.25, 0.3) is 11.0 Å². The van der Waals surface area contributed by atoms with Crippen LogP contribution in [0.15, 0.2) is 18.3 Å². The molecular weight excluding hydrogens is 302 g/mol. The van der Waals surface area contributed by atoms with Gasteiger partial charge in [0.05, 0.1) is 24.3 Å². The van der Waals surface area contributed by atoms with E-state index in [1.807, 2.05) is 4.90 Å². The molecule has 0 amide bonds. The van der Waals surface area contributed by atoms with Crippen molar-refractivity contribution in [2.45, 2.75) is 12.6 Å². The Kier molecular flexibility index (Phi) is 4.68. The molecule has 0 spiro atoms. The maximum atomic E-state index is 14.2. The van der Waals surface area contributed by atoms with Crippen molar-refractivity contribution >= 4 is 11.0 Å². The number of nitrogens with zero attached hydrogens (tertiary/aromatic N) is 3. The number of ether oxygens (including phenoxy) is 1. The van der Waals surface area contributed by atoms with Crippen molar-refractivity contribution in [2.75, 3.05) is 33.3 Å². The molecule has 3 rings (SSSR count). The summed E-state index contributed by atoms with van der Waals surface area (Å²) >= 11 is 0. The number of halogens is 2. The third kappa shape index (κ3) is 3.25. The normalized spacial score (nSPS) is 21.9. The molecule has 0 unspecified atom stereocenters. The Balaban J connectivity index is 1.81. The molecule has 2 aromatic heterocycles. The van der Waals surface area contributed by atoms with Gasteiger partial charge in [0, 0.05) is 37.2 Å². The van der Waals surface area contributed by atoms with Gasteiger partial charge in [-0.1, -0.05) is 0 Å². The standard InChI is InChI=1S/C16H20F2N4O/c1-23-15-3-2-14-16(21-15)11(12(17)7-20-14)4-5-22-8-10(6-19)13(18)9-22/h2-3,7,10,13H,4-6,8-9,19H2,1H3/t10-,13-/m0/s1. The molecule has 1 aliphatic heterocycles. The molecule has 1 aliphatic rings. The largest absolute Gasteiger partial charge is 0.481 e. The van der Waals surface area contributed by atoms with E-state index in [1.165, 1.54) is 13.3 Å². The summed E-state index contributed by atoms with van der Waals surface area (Å²) < 4.78 is 33.1. The van der Waals surface area contributed by atoms with Gasteiger partial charge in [0.15, 0.2) is 0 Å². The summed E-state index contributed by atoms with van der Waals surface area (Å²) in [5, 5.41) is 0. The molecule has 7 heteroatoms. The maximum absolute atomic E-state index is 14.2. The molecule has 2 atom stereocenters. The number of hydrogen-bond donors (Lipinski definition) is 1. The lowest BCUT2D eigenvalue weighted by molar-refractivity contribution is 0.274. The van der Waals surface area contributed by atoms with Crippen molar-refractivity contribution in [3.05, 3.63) is 29.7 Å². The molecule has 3 heterocycles. The lowest BCUT2D eigenvalue weighted by atomic mass is 10.1. The zero-order chi connectivity index (χ0) is 16.4. The van der Waals surface area contributed by atoms with Gasteiger partial charge < -0.3 is 10.5 Å². The maximum Gasteiger partial charge on any atom is 0.213 e. The zero-order valence-electron chi connectivity index (χ0n) is 13.0. The summed E-state index contributed by atoms with van der Waals surface area (Å²) in [7, 11) is 1.51. The van der Waals surface area contributed by atoms with Gasteiger partial charge >= 0.3 is 0 Å². The van der Waals surface area contributed by atoms with Gasteiger partial charge in [-0.05, 0) is 19.0 Å². The van der Waals surface area contributed by atoms with Crippen LogP contribution < -0.4 is 10.5 Å². The van der Waals surface area contributed by atoms with E-state index in [4.69, 9.17) is 10.5 Å². The minimum atomic E-state index is -0.905. The fraction of sp³-hybridized carbons (Fsp3) is 0.500. The second-order valence-electron chi connectivity index (χ2n) is 5.83. The predicted octanol–water partition coefficient (Wildman–Crippen LogP) is 1.55.